The van der Waals surface area contributed by atoms with Gasteiger partial charge in [0.05, 0.1) is 5.92 Å². The maximum absolute atomic E-state index is 14.5. The topological polar surface area (TPSA) is 29.1 Å². The molecule has 0 aliphatic carbocycles. The largest absolute Gasteiger partial charge is 0.326 e. The van der Waals surface area contributed by atoms with Crippen LogP contribution in [0.1, 0.15) is 18.4 Å². The standard InChI is InChI=1S/C21H17ClFNO/c1-14(21(25)24-18-10-8-17(22)9-11-18)16-7-12-19(20(23)13-16)15-5-3-2-4-6-15/h2-14H,1H3,(H,24,25)/t14-/m0/s1. The molecule has 0 bridgehead atoms. The number of carbonyl (C=O) groups excluding carboxylic acids is 1. The molecule has 1 atom stereocenters. The van der Waals surface area contributed by atoms with Crippen LogP contribution in [-0.4, -0.2) is 5.91 Å². The summed E-state index contributed by atoms with van der Waals surface area (Å²) in [5.74, 6) is -1.01. The summed E-state index contributed by atoms with van der Waals surface area (Å²) >= 11 is 5.84. The van der Waals surface area contributed by atoms with Gasteiger partial charge in [-0.15, -0.1) is 0 Å². The lowest BCUT2D eigenvalue weighted by atomic mass is 9.96. The van der Waals surface area contributed by atoms with Crippen molar-refractivity contribution in [2.75, 3.05) is 5.32 Å². The lowest BCUT2D eigenvalue weighted by Gasteiger charge is -2.14. The Kier molecular flexibility index (Phi) is 5.15. The smallest absolute Gasteiger partial charge is 0.231 e. The van der Waals surface area contributed by atoms with Crippen LogP contribution < -0.4 is 5.32 Å². The van der Waals surface area contributed by atoms with E-state index in [-0.39, 0.29) is 11.7 Å². The summed E-state index contributed by atoms with van der Waals surface area (Å²) in [5, 5.41) is 3.41. The molecule has 0 heterocycles. The number of benzene rings is 3. The van der Waals surface area contributed by atoms with Gasteiger partial charge in [0.2, 0.25) is 5.91 Å². The summed E-state index contributed by atoms with van der Waals surface area (Å²) in [6.07, 6.45) is 0. The zero-order valence-electron chi connectivity index (χ0n) is 13.7. The highest BCUT2D eigenvalue weighted by Gasteiger charge is 2.17. The van der Waals surface area contributed by atoms with Crippen molar-refractivity contribution in [1.29, 1.82) is 0 Å². The van der Waals surface area contributed by atoms with Gasteiger partial charge in [-0.25, -0.2) is 4.39 Å². The Labute approximate surface area is 151 Å². The van der Waals surface area contributed by atoms with Gasteiger partial charge in [0.25, 0.3) is 0 Å². The number of amides is 1. The average molecular weight is 354 g/mol. The first-order chi connectivity index (χ1) is 12.0. The normalized spacial score (nSPS) is 11.8. The van der Waals surface area contributed by atoms with Crippen LogP contribution in [0.15, 0.2) is 72.8 Å². The molecule has 3 aromatic rings. The third kappa shape index (κ3) is 4.06. The van der Waals surface area contributed by atoms with E-state index in [0.29, 0.717) is 21.8 Å². The quantitative estimate of drug-likeness (QED) is 0.622. The van der Waals surface area contributed by atoms with Crippen molar-refractivity contribution in [3.63, 3.8) is 0 Å². The van der Waals surface area contributed by atoms with E-state index in [2.05, 4.69) is 5.32 Å². The number of hydrogen-bond donors (Lipinski definition) is 1. The van der Waals surface area contributed by atoms with Crippen molar-refractivity contribution in [3.05, 3.63) is 89.2 Å². The van der Waals surface area contributed by atoms with Gasteiger partial charge in [-0.05, 0) is 48.4 Å². The Morgan fingerprint density at radius 2 is 1.68 bits per heavy atom. The van der Waals surface area contributed by atoms with E-state index in [4.69, 9.17) is 11.6 Å². The molecule has 4 heteroatoms. The number of hydrogen-bond acceptors (Lipinski definition) is 1. The molecular weight excluding hydrogens is 337 g/mol. The molecule has 25 heavy (non-hydrogen) atoms. The minimum atomic E-state index is -0.477. The minimum Gasteiger partial charge on any atom is -0.326 e. The molecule has 3 rings (SSSR count). The molecule has 126 valence electrons. The van der Waals surface area contributed by atoms with E-state index in [1.54, 1.807) is 43.3 Å². The number of carbonyl (C=O) groups is 1. The lowest BCUT2D eigenvalue weighted by molar-refractivity contribution is -0.117. The molecule has 0 saturated heterocycles. The van der Waals surface area contributed by atoms with Gasteiger partial charge in [0, 0.05) is 16.3 Å². The van der Waals surface area contributed by atoms with Crippen LogP contribution in [0, 0.1) is 5.82 Å². The predicted octanol–water partition coefficient (Wildman–Crippen LogP) is 5.89. The van der Waals surface area contributed by atoms with Crippen molar-refractivity contribution in [2.45, 2.75) is 12.8 Å². The second-order valence-electron chi connectivity index (χ2n) is 5.82. The summed E-state index contributed by atoms with van der Waals surface area (Å²) in [5.41, 5.74) is 2.62. The first kappa shape index (κ1) is 17.2. The van der Waals surface area contributed by atoms with E-state index in [1.807, 2.05) is 30.3 Å². The number of halogens is 2. The van der Waals surface area contributed by atoms with E-state index in [1.165, 1.54) is 6.07 Å². The van der Waals surface area contributed by atoms with Gasteiger partial charge in [-0.1, -0.05) is 54.1 Å². The number of nitrogens with one attached hydrogen (secondary N) is 1. The van der Waals surface area contributed by atoms with Gasteiger partial charge < -0.3 is 5.32 Å². The highest BCUT2D eigenvalue weighted by atomic mass is 35.5. The van der Waals surface area contributed by atoms with Crippen molar-refractivity contribution < 1.29 is 9.18 Å². The van der Waals surface area contributed by atoms with Crippen LogP contribution in [0.5, 0.6) is 0 Å². The van der Waals surface area contributed by atoms with Gasteiger partial charge >= 0.3 is 0 Å². The highest BCUT2D eigenvalue weighted by molar-refractivity contribution is 6.30. The zero-order chi connectivity index (χ0) is 17.8. The fourth-order valence-electron chi connectivity index (χ4n) is 2.59. The molecule has 0 saturated carbocycles. The summed E-state index contributed by atoms with van der Waals surface area (Å²) in [6, 6.07) is 21.1. The van der Waals surface area contributed by atoms with Gasteiger partial charge in [0.1, 0.15) is 5.82 Å². The second kappa shape index (κ2) is 7.49. The molecule has 0 radical (unpaired) electrons. The van der Waals surface area contributed by atoms with Crippen LogP contribution in [0.2, 0.25) is 5.02 Å². The maximum atomic E-state index is 14.5. The lowest BCUT2D eigenvalue weighted by Crippen LogP contribution is -2.19. The number of anilines is 1. The third-order valence-corrected chi connectivity index (χ3v) is 4.33. The molecule has 0 fully saturated rings. The van der Waals surface area contributed by atoms with Crippen LogP contribution in [0.4, 0.5) is 10.1 Å². The second-order valence-corrected chi connectivity index (χ2v) is 6.26. The molecule has 1 N–H and O–H groups in total. The molecular formula is C21H17ClFNO. The molecule has 0 aliphatic heterocycles. The Balaban J connectivity index is 1.78. The van der Waals surface area contributed by atoms with Gasteiger partial charge in [-0.3, -0.25) is 4.79 Å². The fourth-order valence-corrected chi connectivity index (χ4v) is 2.71. The van der Waals surface area contributed by atoms with Crippen molar-refractivity contribution in [1.82, 2.24) is 0 Å². The number of rotatable bonds is 4. The monoisotopic (exact) mass is 353 g/mol. The van der Waals surface area contributed by atoms with E-state index >= 15 is 0 Å². The van der Waals surface area contributed by atoms with E-state index < -0.39 is 5.92 Å². The Bertz CT molecular complexity index is 878. The molecule has 0 aliphatic rings. The molecule has 2 nitrogen and oxygen atoms in total. The van der Waals surface area contributed by atoms with Crippen LogP contribution >= 0.6 is 11.6 Å². The van der Waals surface area contributed by atoms with E-state index in [0.717, 1.165) is 5.56 Å². The first-order valence-corrected chi connectivity index (χ1v) is 8.33. The van der Waals surface area contributed by atoms with Gasteiger partial charge in [0.15, 0.2) is 0 Å². The predicted molar refractivity (Wildman–Crippen MR) is 100 cm³/mol. The van der Waals surface area contributed by atoms with Gasteiger partial charge in [-0.2, -0.15) is 0 Å². The average Bonchev–Trinajstić information content (AvgIpc) is 2.63. The summed E-state index contributed by atoms with van der Waals surface area (Å²) in [4.78, 5) is 12.4. The molecule has 1 amide bonds. The van der Waals surface area contributed by atoms with Crippen LogP contribution in [-0.2, 0) is 4.79 Å². The first-order valence-electron chi connectivity index (χ1n) is 7.96. The Hall–Kier alpha value is -2.65. The third-order valence-electron chi connectivity index (χ3n) is 4.08. The minimum absolute atomic E-state index is 0.200. The summed E-state index contributed by atoms with van der Waals surface area (Å²) < 4.78 is 14.5. The molecule has 3 aromatic carbocycles. The van der Waals surface area contributed by atoms with Crippen LogP contribution in [0.25, 0.3) is 11.1 Å². The molecule has 0 unspecified atom stereocenters. The fraction of sp³-hybridized carbons (Fsp3) is 0.0952. The summed E-state index contributed by atoms with van der Waals surface area (Å²) in [7, 11) is 0. The Morgan fingerprint density at radius 3 is 2.32 bits per heavy atom. The van der Waals surface area contributed by atoms with Crippen molar-refractivity contribution in [2.24, 2.45) is 0 Å². The summed E-state index contributed by atoms with van der Waals surface area (Å²) in [6.45, 7) is 1.75. The van der Waals surface area contributed by atoms with Crippen molar-refractivity contribution in [3.8, 4) is 11.1 Å². The zero-order valence-corrected chi connectivity index (χ0v) is 14.4. The molecule has 0 aromatic heterocycles. The SMILES string of the molecule is C[C@H](C(=O)Nc1ccc(Cl)cc1)c1ccc(-c2ccccc2)c(F)c1. The maximum Gasteiger partial charge on any atom is 0.231 e. The van der Waals surface area contributed by atoms with Crippen molar-refractivity contribution >= 4 is 23.2 Å². The Morgan fingerprint density at radius 1 is 1.00 bits per heavy atom. The molecule has 0 spiro atoms. The highest BCUT2D eigenvalue weighted by Crippen LogP contribution is 2.27. The van der Waals surface area contributed by atoms with E-state index in [9.17, 15) is 9.18 Å². The van der Waals surface area contributed by atoms with Crippen LogP contribution in [0.3, 0.4) is 0 Å².